The first-order chi connectivity index (χ1) is 5.61. The number of nitrogens with two attached hydrogens (primary N) is 1. The van der Waals surface area contributed by atoms with Gasteiger partial charge in [-0.15, -0.1) is 0 Å². The lowest BCUT2D eigenvalue weighted by molar-refractivity contribution is -0.0406. The third kappa shape index (κ3) is 4.70. The van der Waals surface area contributed by atoms with E-state index < -0.39 is 0 Å². The van der Waals surface area contributed by atoms with E-state index in [0.29, 0.717) is 6.61 Å². The quantitative estimate of drug-likeness (QED) is 0.659. The molecule has 3 atom stereocenters. The minimum absolute atomic E-state index is 0.111. The van der Waals surface area contributed by atoms with Crippen LogP contribution in [0.5, 0.6) is 0 Å². The first-order valence-electron chi connectivity index (χ1n) is 4.51. The summed E-state index contributed by atoms with van der Waals surface area (Å²) >= 11 is 0. The topological polar surface area (TPSA) is 44.5 Å². The zero-order valence-corrected chi connectivity index (χ0v) is 8.54. The molecule has 0 heterocycles. The van der Waals surface area contributed by atoms with Crippen LogP contribution in [0.15, 0.2) is 0 Å². The zero-order valence-electron chi connectivity index (χ0n) is 8.54. The van der Waals surface area contributed by atoms with Gasteiger partial charge >= 0.3 is 0 Å². The summed E-state index contributed by atoms with van der Waals surface area (Å²) in [7, 11) is 1.67. The molecule has 0 aromatic heterocycles. The zero-order chi connectivity index (χ0) is 9.56. The fourth-order valence-corrected chi connectivity index (χ4v) is 1.07. The third-order valence-corrected chi connectivity index (χ3v) is 1.92. The van der Waals surface area contributed by atoms with Gasteiger partial charge in [-0.05, 0) is 20.3 Å². The smallest absolute Gasteiger partial charge is 0.0784 e. The van der Waals surface area contributed by atoms with Crippen LogP contribution in [0.3, 0.4) is 0 Å². The molecule has 3 unspecified atom stereocenters. The van der Waals surface area contributed by atoms with Crippen LogP contribution in [0.4, 0.5) is 0 Å². The van der Waals surface area contributed by atoms with Crippen molar-refractivity contribution in [3.63, 3.8) is 0 Å². The largest absolute Gasteiger partial charge is 0.382 e. The number of hydrogen-bond donors (Lipinski definition) is 1. The molecule has 2 N–H and O–H groups in total. The molecule has 0 aliphatic carbocycles. The molecule has 0 radical (unpaired) electrons. The van der Waals surface area contributed by atoms with Crippen LogP contribution >= 0.6 is 0 Å². The number of rotatable bonds is 6. The average molecular weight is 175 g/mol. The SMILES string of the molecule is CCC(N)C(C)OC(C)COC. The van der Waals surface area contributed by atoms with Crippen molar-refractivity contribution in [1.82, 2.24) is 0 Å². The van der Waals surface area contributed by atoms with E-state index >= 15 is 0 Å². The highest BCUT2D eigenvalue weighted by Gasteiger charge is 2.13. The van der Waals surface area contributed by atoms with Crippen LogP contribution in [0.1, 0.15) is 27.2 Å². The number of methoxy groups -OCH3 is 1. The normalized spacial score (nSPS) is 18.8. The van der Waals surface area contributed by atoms with Crippen molar-refractivity contribution < 1.29 is 9.47 Å². The summed E-state index contributed by atoms with van der Waals surface area (Å²) in [5.74, 6) is 0. The van der Waals surface area contributed by atoms with E-state index in [0.717, 1.165) is 6.42 Å². The standard InChI is InChI=1S/C9H21NO2/c1-5-9(10)8(3)12-7(2)6-11-4/h7-9H,5-6,10H2,1-4H3. The fourth-order valence-electron chi connectivity index (χ4n) is 1.07. The second-order valence-electron chi connectivity index (χ2n) is 3.18. The fraction of sp³-hybridized carbons (Fsp3) is 1.00. The first kappa shape index (κ1) is 11.9. The molecule has 3 nitrogen and oxygen atoms in total. The molecule has 3 heteroatoms. The van der Waals surface area contributed by atoms with Gasteiger partial charge < -0.3 is 15.2 Å². The van der Waals surface area contributed by atoms with Crippen LogP contribution < -0.4 is 5.73 Å². The molecule has 0 saturated heterocycles. The van der Waals surface area contributed by atoms with Crippen LogP contribution in [-0.2, 0) is 9.47 Å². The van der Waals surface area contributed by atoms with E-state index in [2.05, 4.69) is 6.92 Å². The highest BCUT2D eigenvalue weighted by molar-refractivity contribution is 4.68. The van der Waals surface area contributed by atoms with Gasteiger partial charge in [-0.1, -0.05) is 6.92 Å². The minimum Gasteiger partial charge on any atom is -0.382 e. The van der Waals surface area contributed by atoms with E-state index in [9.17, 15) is 0 Å². The lowest BCUT2D eigenvalue weighted by Gasteiger charge is -2.22. The van der Waals surface area contributed by atoms with Crippen molar-refractivity contribution in [2.24, 2.45) is 5.73 Å². The summed E-state index contributed by atoms with van der Waals surface area (Å²) in [6.07, 6.45) is 1.18. The van der Waals surface area contributed by atoms with Crippen molar-refractivity contribution >= 4 is 0 Å². The van der Waals surface area contributed by atoms with Crippen molar-refractivity contribution in [2.45, 2.75) is 45.4 Å². The molecule has 74 valence electrons. The van der Waals surface area contributed by atoms with E-state index in [-0.39, 0.29) is 18.2 Å². The summed E-state index contributed by atoms with van der Waals surface area (Å²) in [6, 6.07) is 0.129. The third-order valence-electron chi connectivity index (χ3n) is 1.92. The van der Waals surface area contributed by atoms with E-state index in [1.165, 1.54) is 0 Å². The highest BCUT2D eigenvalue weighted by Crippen LogP contribution is 2.04. The molecule has 0 aliphatic rings. The predicted octanol–water partition coefficient (Wildman–Crippen LogP) is 1.16. The molecule has 0 aromatic carbocycles. The van der Waals surface area contributed by atoms with Gasteiger partial charge in [0, 0.05) is 13.2 Å². The molecular formula is C9H21NO2. The lowest BCUT2D eigenvalue weighted by Crippen LogP contribution is -2.36. The maximum Gasteiger partial charge on any atom is 0.0784 e. The molecule has 0 rings (SSSR count). The summed E-state index contributed by atoms with van der Waals surface area (Å²) in [4.78, 5) is 0. The van der Waals surface area contributed by atoms with Crippen molar-refractivity contribution in [3.05, 3.63) is 0 Å². The van der Waals surface area contributed by atoms with Crippen LogP contribution in [0.25, 0.3) is 0 Å². The summed E-state index contributed by atoms with van der Waals surface area (Å²) in [6.45, 7) is 6.68. The van der Waals surface area contributed by atoms with E-state index in [1.54, 1.807) is 7.11 Å². The van der Waals surface area contributed by atoms with E-state index in [4.69, 9.17) is 15.2 Å². The van der Waals surface area contributed by atoms with Crippen LogP contribution in [-0.4, -0.2) is 32.0 Å². The first-order valence-corrected chi connectivity index (χ1v) is 4.51. The Morgan fingerprint density at radius 3 is 2.33 bits per heavy atom. The molecule has 0 spiro atoms. The Hall–Kier alpha value is -0.120. The van der Waals surface area contributed by atoms with Crippen LogP contribution in [0.2, 0.25) is 0 Å². The lowest BCUT2D eigenvalue weighted by atomic mass is 10.1. The minimum atomic E-state index is 0.111. The summed E-state index contributed by atoms with van der Waals surface area (Å²) in [5.41, 5.74) is 5.80. The monoisotopic (exact) mass is 175 g/mol. The summed E-state index contributed by atoms with van der Waals surface area (Å²) in [5, 5.41) is 0. The van der Waals surface area contributed by atoms with Crippen molar-refractivity contribution in [2.75, 3.05) is 13.7 Å². The molecule has 0 bridgehead atoms. The Bertz CT molecular complexity index is 109. The predicted molar refractivity (Wildman–Crippen MR) is 50.2 cm³/mol. The molecule has 0 saturated carbocycles. The van der Waals surface area contributed by atoms with Gasteiger partial charge in [0.1, 0.15) is 0 Å². The van der Waals surface area contributed by atoms with Gasteiger partial charge in [-0.3, -0.25) is 0 Å². The van der Waals surface area contributed by atoms with Gasteiger partial charge in [0.2, 0.25) is 0 Å². The van der Waals surface area contributed by atoms with Gasteiger partial charge in [0.05, 0.1) is 18.8 Å². The average Bonchev–Trinajstić information content (AvgIpc) is 2.03. The summed E-state index contributed by atoms with van der Waals surface area (Å²) < 4.78 is 10.5. The second-order valence-corrected chi connectivity index (χ2v) is 3.18. The Kier molecular flexibility index (Phi) is 6.34. The molecular weight excluding hydrogens is 154 g/mol. The molecule has 0 aromatic rings. The van der Waals surface area contributed by atoms with Crippen molar-refractivity contribution in [1.29, 1.82) is 0 Å². The Labute approximate surface area is 75.2 Å². The molecule has 12 heavy (non-hydrogen) atoms. The van der Waals surface area contributed by atoms with E-state index in [1.807, 2.05) is 13.8 Å². The molecule has 0 amide bonds. The Morgan fingerprint density at radius 2 is 1.92 bits per heavy atom. The maximum atomic E-state index is 5.80. The van der Waals surface area contributed by atoms with Crippen molar-refractivity contribution in [3.8, 4) is 0 Å². The highest BCUT2D eigenvalue weighted by atomic mass is 16.5. The Morgan fingerprint density at radius 1 is 1.33 bits per heavy atom. The van der Waals surface area contributed by atoms with Gasteiger partial charge in [-0.25, -0.2) is 0 Å². The van der Waals surface area contributed by atoms with Gasteiger partial charge in [-0.2, -0.15) is 0 Å². The molecule has 0 aliphatic heterocycles. The number of ether oxygens (including phenoxy) is 2. The second kappa shape index (κ2) is 6.40. The van der Waals surface area contributed by atoms with Crippen LogP contribution in [0, 0.1) is 0 Å². The van der Waals surface area contributed by atoms with Gasteiger partial charge in [0.15, 0.2) is 0 Å². The van der Waals surface area contributed by atoms with Gasteiger partial charge in [0.25, 0.3) is 0 Å². The Balaban J connectivity index is 3.59. The molecule has 0 fully saturated rings. The maximum absolute atomic E-state index is 5.80. The number of hydrogen-bond acceptors (Lipinski definition) is 3.